The maximum atomic E-state index is 5.65. The summed E-state index contributed by atoms with van der Waals surface area (Å²) in [5.41, 5.74) is 6.33. The van der Waals surface area contributed by atoms with Crippen LogP contribution in [-0.4, -0.2) is 25.0 Å². The number of nitrogens with one attached hydrogen (secondary N) is 1. The first-order valence-electron chi connectivity index (χ1n) is 5.81. The predicted molar refractivity (Wildman–Crippen MR) is 69.7 cm³/mol. The molecule has 1 atom stereocenters. The molecule has 3 aromatic rings. The van der Waals surface area contributed by atoms with Crippen molar-refractivity contribution in [3.8, 4) is 0 Å². The van der Waals surface area contributed by atoms with Crippen LogP contribution in [-0.2, 0) is 7.05 Å². The quantitative estimate of drug-likeness (QED) is 0.516. The zero-order valence-electron chi connectivity index (χ0n) is 10.4. The fraction of sp³-hybridized carbons (Fsp3) is 0.167. The lowest BCUT2D eigenvalue weighted by Crippen LogP contribution is -2.30. The summed E-state index contributed by atoms with van der Waals surface area (Å²) in [7, 11) is 1.83. The SMILES string of the molecule is Cn1nncc1C(NN)c1ccc2nccnc2c1. The molecule has 0 radical (unpaired) electrons. The zero-order chi connectivity index (χ0) is 13.2. The van der Waals surface area contributed by atoms with E-state index < -0.39 is 0 Å². The normalized spacial score (nSPS) is 12.7. The topological polar surface area (TPSA) is 94.5 Å². The van der Waals surface area contributed by atoms with Gasteiger partial charge in [0, 0.05) is 19.4 Å². The summed E-state index contributed by atoms with van der Waals surface area (Å²) in [5, 5.41) is 7.78. The molecule has 0 aliphatic heterocycles. The molecule has 7 heteroatoms. The number of hydrazine groups is 1. The van der Waals surface area contributed by atoms with Crippen molar-refractivity contribution in [1.82, 2.24) is 30.4 Å². The van der Waals surface area contributed by atoms with E-state index in [1.54, 1.807) is 23.3 Å². The fourth-order valence-electron chi connectivity index (χ4n) is 2.07. The van der Waals surface area contributed by atoms with E-state index >= 15 is 0 Å². The zero-order valence-corrected chi connectivity index (χ0v) is 10.4. The van der Waals surface area contributed by atoms with Gasteiger partial charge in [0.15, 0.2) is 0 Å². The molecule has 19 heavy (non-hydrogen) atoms. The van der Waals surface area contributed by atoms with Crippen LogP contribution in [0.5, 0.6) is 0 Å². The Bertz CT molecular complexity index is 706. The summed E-state index contributed by atoms with van der Waals surface area (Å²) in [6, 6.07) is 5.66. The van der Waals surface area contributed by atoms with Gasteiger partial charge in [-0.05, 0) is 17.7 Å². The monoisotopic (exact) mass is 255 g/mol. The summed E-state index contributed by atoms with van der Waals surface area (Å²) in [5.74, 6) is 5.65. The van der Waals surface area contributed by atoms with Gasteiger partial charge in [-0.3, -0.25) is 20.5 Å². The Morgan fingerprint density at radius 1 is 1.21 bits per heavy atom. The number of nitrogens with two attached hydrogens (primary N) is 1. The fourth-order valence-corrected chi connectivity index (χ4v) is 2.07. The molecule has 3 rings (SSSR count). The molecule has 2 heterocycles. The van der Waals surface area contributed by atoms with Gasteiger partial charge in [0.05, 0.1) is 29.0 Å². The summed E-state index contributed by atoms with van der Waals surface area (Å²) in [6.07, 6.45) is 5.03. The molecule has 2 aromatic heterocycles. The number of fused-ring (bicyclic) bond motifs is 1. The standard InChI is InChI=1S/C12H13N7/c1-19-11(7-16-18-19)12(17-13)8-2-3-9-10(6-8)15-5-4-14-9/h2-7,12,17H,13H2,1H3. The predicted octanol–water partition coefficient (Wildman–Crippen LogP) is 0.311. The minimum absolute atomic E-state index is 0.189. The molecule has 3 N–H and O–H groups in total. The summed E-state index contributed by atoms with van der Waals surface area (Å²) < 4.78 is 1.69. The van der Waals surface area contributed by atoms with Gasteiger partial charge >= 0.3 is 0 Å². The first kappa shape index (κ1) is 11.7. The lowest BCUT2D eigenvalue weighted by atomic mass is 10.0. The third-order valence-electron chi connectivity index (χ3n) is 3.04. The first-order valence-corrected chi connectivity index (χ1v) is 5.81. The van der Waals surface area contributed by atoms with E-state index in [1.165, 1.54) is 0 Å². The van der Waals surface area contributed by atoms with Crippen LogP contribution in [0.3, 0.4) is 0 Å². The molecule has 0 spiro atoms. The average molecular weight is 255 g/mol. The number of aromatic nitrogens is 5. The largest absolute Gasteiger partial charge is 0.271 e. The maximum absolute atomic E-state index is 5.65. The molecule has 0 aliphatic carbocycles. The second-order valence-electron chi connectivity index (χ2n) is 4.19. The molecule has 0 saturated carbocycles. The van der Waals surface area contributed by atoms with E-state index in [0.29, 0.717) is 0 Å². The Hall–Kier alpha value is -2.38. The summed E-state index contributed by atoms with van der Waals surface area (Å²) >= 11 is 0. The van der Waals surface area contributed by atoms with Crippen molar-refractivity contribution in [2.24, 2.45) is 12.9 Å². The van der Waals surface area contributed by atoms with Gasteiger partial charge in [0.2, 0.25) is 0 Å². The van der Waals surface area contributed by atoms with Gasteiger partial charge in [-0.1, -0.05) is 11.3 Å². The number of hydrogen-bond acceptors (Lipinski definition) is 6. The van der Waals surface area contributed by atoms with Crippen LogP contribution in [0.15, 0.2) is 36.8 Å². The van der Waals surface area contributed by atoms with Crippen molar-refractivity contribution in [2.45, 2.75) is 6.04 Å². The average Bonchev–Trinajstić information content (AvgIpc) is 2.86. The molecule has 96 valence electrons. The Morgan fingerprint density at radius 2 is 2.00 bits per heavy atom. The van der Waals surface area contributed by atoms with Crippen LogP contribution in [0.4, 0.5) is 0 Å². The van der Waals surface area contributed by atoms with Crippen LogP contribution in [0.2, 0.25) is 0 Å². The highest BCUT2D eigenvalue weighted by atomic mass is 15.4. The van der Waals surface area contributed by atoms with Crippen LogP contribution in [0, 0.1) is 0 Å². The van der Waals surface area contributed by atoms with Gasteiger partial charge in [0.1, 0.15) is 0 Å². The van der Waals surface area contributed by atoms with Crippen LogP contribution in [0.25, 0.3) is 11.0 Å². The number of hydrogen-bond donors (Lipinski definition) is 2. The van der Waals surface area contributed by atoms with E-state index in [4.69, 9.17) is 5.84 Å². The number of rotatable bonds is 3. The molecule has 0 amide bonds. The lowest BCUT2D eigenvalue weighted by Gasteiger charge is -2.16. The van der Waals surface area contributed by atoms with Crippen LogP contribution >= 0.6 is 0 Å². The Balaban J connectivity index is 2.09. The van der Waals surface area contributed by atoms with Crippen LogP contribution in [0.1, 0.15) is 17.3 Å². The van der Waals surface area contributed by atoms with Gasteiger partial charge < -0.3 is 0 Å². The van der Waals surface area contributed by atoms with Crippen LogP contribution < -0.4 is 11.3 Å². The molecule has 0 bridgehead atoms. The van der Waals surface area contributed by atoms with Crippen molar-refractivity contribution in [3.63, 3.8) is 0 Å². The maximum Gasteiger partial charge on any atom is 0.0895 e. The van der Waals surface area contributed by atoms with E-state index in [1.807, 2.05) is 25.2 Å². The van der Waals surface area contributed by atoms with E-state index in [0.717, 1.165) is 22.3 Å². The number of aryl methyl sites for hydroxylation is 1. The van der Waals surface area contributed by atoms with Gasteiger partial charge in [-0.15, -0.1) is 5.10 Å². The molecule has 0 aliphatic rings. The molecular weight excluding hydrogens is 242 g/mol. The Morgan fingerprint density at radius 3 is 2.68 bits per heavy atom. The smallest absolute Gasteiger partial charge is 0.0895 e. The van der Waals surface area contributed by atoms with Crippen molar-refractivity contribution in [1.29, 1.82) is 0 Å². The van der Waals surface area contributed by atoms with E-state index in [2.05, 4.69) is 25.7 Å². The molecule has 7 nitrogen and oxygen atoms in total. The minimum atomic E-state index is -0.189. The molecule has 0 saturated heterocycles. The lowest BCUT2D eigenvalue weighted by molar-refractivity contribution is 0.570. The summed E-state index contributed by atoms with van der Waals surface area (Å²) in [6.45, 7) is 0. The van der Waals surface area contributed by atoms with Crippen molar-refractivity contribution in [3.05, 3.63) is 48.0 Å². The van der Waals surface area contributed by atoms with Crippen molar-refractivity contribution >= 4 is 11.0 Å². The molecule has 1 unspecified atom stereocenters. The number of nitrogens with zero attached hydrogens (tertiary/aromatic N) is 5. The van der Waals surface area contributed by atoms with Gasteiger partial charge in [0.25, 0.3) is 0 Å². The highest BCUT2D eigenvalue weighted by Crippen LogP contribution is 2.22. The number of benzene rings is 1. The minimum Gasteiger partial charge on any atom is -0.271 e. The second kappa shape index (κ2) is 4.71. The van der Waals surface area contributed by atoms with E-state index in [-0.39, 0.29) is 6.04 Å². The van der Waals surface area contributed by atoms with E-state index in [9.17, 15) is 0 Å². The molecule has 0 fully saturated rings. The highest BCUT2D eigenvalue weighted by Gasteiger charge is 2.17. The van der Waals surface area contributed by atoms with Gasteiger partial charge in [-0.25, -0.2) is 5.43 Å². The van der Waals surface area contributed by atoms with Gasteiger partial charge in [-0.2, -0.15) is 0 Å². The third-order valence-corrected chi connectivity index (χ3v) is 3.04. The summed E-state index contributed by atoms with van der Waals surface area (Å²) in [4.78, 5) is 8.54. The van der Waals surface area contributed by atoms with Crippen molar-refractivity contribution in [2.75, 3.05) is 0 Å². The Kier molecular flexibility index (Phi) is 2.90. The first-order chi connectivity index (χ1) is 9.29. The highest BCUT2D eigenvalue weighted by molar-refractivity contribution is 5.74. The van der Waals surface area contributed by atoms with Crippen molar-refractivity contribution < 1.29 is 0 Å². The third kappa shape index (κ3) is 2.05. The second-order valence-corrected chi connectivity index (χ2v) is 4.19. The molecule has 1 aromatic carbocycles. The molecular formula is C12H13N7. The Labute approximate surface area is 109 Å².